The van der Waals surface area contributed by atoms with Crippen molar-refractivity contribution in [3.8, 4) is 11.5 Å². The van der Waals surface area contributed by atoms with Gasteiger partial charge in [0.15, 0.2) is 11.5 Å². The van der Waals surface area contributed by atoms with Crippen LogP contribution in [0, 0.1) is 0 Å². The first-order valence-electron chi connectivity index (χ1n) is 4.98. The van der Waals surface area contributed by atoms with Gasteiger partial charge in [-0.2, -0.15) is 0 Å². The zero-order valence-electron chi connectivity index (χ0n) is 10.2. The SMILES string of the molecule is COc1cc(CC(=O)O)cc(S(=O)(=O)NO)c1OC. The average molecular weight is 291 g/mol. The molecule has 0 fully saturated rings. The Kier molecular flexibility index (Phi) is 4.70. The van der Waals surface area contributed by atoms with Crippen molar-refractivity contribution in [2.24, 2.45) is 0 Å². The van der Waals surface area contributed by atoms with Crippen LogP contribution in [0.5, 0.6) is 11.5 Å². The van der Waals surface area contributed by atoms with Crippen LogP contribution in [0.15, 0.2) is 17.0 Å². The number of hydrogen-bond donors (Lipinski definition) is 3. The van der Waals surface area contributed by atoms with Gasteiger partial charge < -0.3 is 19.8 Å². The molecular weight excluding hydrogens is 278 g/mol. The lowest BCUT2D eigenvalue weighted by Crippen LogP contribution is -2.20. The smallest absolute Gasteiger partial charge is 0.307 e. The Hall–Kier alpha value is -1.84. The summed E-state index contributed by atoms with van der Waals surface area (Å²) in [4.78, 5) is 11.4. The third-order valence-electron chi connectivity index (χ3n) is 2.27. The lowest BCUT2D eigenvalue weighted by molar-refractivity contribution is -0.136. The monoisotopic (exact) mass is 291 g/mol. The van der Waals surface area contributed by atoms with Crippen molar-refractivity contribution in [3.05, 3.63) is 17.7 Å². The van der Waals surface area contributed by atoms with Crippen molar-refractivity contribution in [1.29, 1.82) is 0 Å². The van der Waals surface area contributed by atoms with Crippen LogP contribution < -0.4 is 14.4 Å². The van der Waals surface area contributed by atoms with Gasteiger partial charge in [-0.05, 0) is 17.7 Å². The van der Waals surface area contributed by atoms with Crippen LogP contribution in [-0.4, -0.2) is 38.9 Å². The summed E-state index contributed by atoms with van der Waals surface area (Å²) in [6, 6.07) is 2.44. The van der Waals surface area contributed by atoms with E-state index in [2.05, 4.69) is 0 Å². The predicted molar refractivity (Wildman–Crippen MR) is 63.0 cm³/mol. The lowest BCUT2D eigenvalue weighted by Gasteiger charge is -2.14. The van der Waals surface area contributed by atoms with Crippen molar-refractivity contribution in [3.63, 3.8) is 0 Å². The number of ether oxygens (including phenoxy) is 2. The Morgan fingerprint density at radius 2 is 1.95 bits per heavy atom. The number of carboxylic acid groups (broad SMARTS) is 1. The number of carboxylic acids is 1. The zero-order chi connectivity index (χ0) is 14.6. The second-order valence-electron chi connectivity index (χ2n) is 3.49. The first kappa shape index (κ1) is 15.2. The maximum absolute atomic E-state index is 11.6. The normalized spacial score (nSPS) is 11.1. The van der Waals surface area contributed by atoms with Crippen molar-refractivity contribution in [1.82, 2.24) is 4.89 Å². The Bertz CT molecular complexity index is 582. The number of nitrogens with one attached hydrogen (secondary N) is 1. The molecule has 9 heteroatoms. The molecule has 8 nitrogen and oxygen atoms in total. The van der Waals surface area contributed by atoms with E-state index in [4.69, 9.17) is 19.8 Å². The molecule has 0 spiro atoms. The van der Waals surface area contributed by atoms with Crippen LogP contribution in [0.2, 0.25) is 0 Å². The van der Waals surface area contributed by atoms with E-state index in [1.807, 2.05) is 0 Å². The molecule has 0 aromatic heterocycles. The Morgan fingerprint density at radius 3 is 2.37 bits per heavy atom. The van der Waals surface area contributed by atoms with Gasteiger partial charge in [0.1, 0.15) is 4.90 Å². The summed E-state index contributed by atoms with van der Waals surface area (Å²) in [5.41, 5.74) is 0.193. The largest absolute Gasteiger partial charge is 0.493 e. The van der Waals surface area contributed by atoms with Gasteiger partial charge in [0.05, 0.1) is 20.6 Å². The van der Waals surface area contributed by atoms with E-state index in [1.54, 1.807) is 0 Å². The van der Waals surface area contributed by atoms with Crippen LogP contribution in [0.3, 0.4) is 0 Å². The number of carbonyl (C=O) groups is 1. The number of aliphatic carboxylic acids is 1. The van der Waals surface area contributed by atoms with Gasteiger partial charge >= 0.3 is 5.97 Å². The maximum atomic E-state index is 11.6. The van der Waals surface area contributed by atoms with Gasteiger partial charge in [-0.15, -0.1) is 0 Å². The first-order chi connectivity index (χ1) is 8.85. The van der Waals surface area contributed by atoms with E-state index in [1.165, 1.54) is 20.3 Å². The van der Waals surface area contributed by atoms with E-state index in [0.717, 1.165) is 11.0 Å². The Labute approximate surface area is 109 Å². The second-order valence-corrected chi connectivity index (χ2v) is 5.12. The predicted octanol–water partition coefficient (Wildman–Crippen LogP) is -0.00160. The Balaban J connectivity index is 3.53. The van der Waals surface area contributed by atoms with Crippen molar-refractivity contribution in [2.75, 3.05) is 14.2 Å². The van der Waals surface area contributed by atoms with E-state index in [-0.39, 0.29) is 17.1 Å². The van der Waals surface area contributed by atoms with Crippen LogP contribution in [0.1, 0.15) is 5.56 Å². The minimum Gasteiger partial charge on any atom is -0.493 e. The minimum absolute atomic E-state index is 0.0510. The van der Waals surface area contributed by atoms with Gasteiger partial charge in [-0.1, -0.05) is 4.89 Å². The van der Waals surface area contributed by atoms with Gasteiger partial charge in [0.25, 0.3) is 10.0 Å². The van der Waals surface area contributed by atoms with E-state index in [9.17, 15) is 13.2 Å². The molecule has 106 valence electrons. The van der Waals surface area contributed by atoms with Gasteiger partial charge in [-0.3, -0.25) is 4.79 Å². The third-order valence-corrected chi connectivity index (χ3v) is 3.39. The third kappa shape index (κ3) is 3.34. The fraction of sp³-hybridized carbons (Fsp3) is 0.300. The molecule has 0 heterocycles. The molecular formula is C10H13NO7S. The van der Waals surface area contributed by atoms with E-state index >= 15 is 0 Å². The quantitative estimate of drug-likeness (QED) is 0.630. The molecule has 1 aromatic rings. The molecule has 0 aliphatic rings. The highest BCUT2D eigenvalue weighted by Gasteiger charge is 2.23. The summed E-state index contributed by atoms with van der Waals surface area (Å²) in [6.45, 7) is 0. The minimum atomic E-state index is -4.22. The second kappa shape index (κ2) is 5.87. The molecule has 0 radical (unpaired) electrons. The molecule has 0 bridgehead atoms. The molecule has 3 N–H and O–H groups in total. The molecule has 0 aliphatic carbocycles. The molecule has 0 amide bonds. The summed E-state index contributed by atoms with van der Waals surface area (Å²) < 4.78 is 33.1. The van der Waals surface area contributed by atoms with Crippen LogP contribution >= 0.6 is 0 Å². The van der Waals surface area contributed by atoms with Gasteiger partial charge in [0, 0.05) is 0 Å². The lowest BCUT2D eigenvalue weighted by atomic mass is 10.1. The van der Waals surface area contributed by atoms with Crippen LogP contribution in [-0.2, 0) is 21.2 Å². The van der Waals surface area contributed by atoms with Crippen molar-refractivity contribution >= 4 is 16.0 Å². The molecule has 0 aliphatic heterocycles. The topological polar surface area (TPSA) is 122 Å². The van der Waals surface area contributed by atoms with Crippen LogP contribution in [0.4, 0.5) is 0 Å². The average Bonchev–Trinajstić information content (AvgIpc) is 2.36. The molecule has 1 rings (SSSR count). The van der Waals surface area contributed by atoms with Crippen molar-refractivity contribution < 1.29 is 33.0 Å². The summed E-state index contributed by atoms with van der Waals surface area (Å²) in [7, 11) is -1.71. The summed E-state index contributed by atoms with van der Waals surface area (Å²) in [5, 5.41) is 17.4. The molecule has 1 aromatic carbocycles. The Morgan fingerprint density at radius 1 is 1.32 bits per heavy atom. The standard InChI is InChI=1S/C10H13NO7S/c1-17-7-3-6(5-9(12)13)4-8(10(7)18-2)19(15,16)11-14/h3-4,11,14H,5H2,1-2H3,(H,12,13). The fourth-order valence-electron chi connectivity index (χ4n) is 1.51. The highest BCUT2D eigenvalue weighted by Crippen LogP contribution is 2.35. The molecule has 0 saturated heterocycles. The van der Waals surface area contributed by atoms with E-state index < -0.39 is 27.3 Å². The molecule has 0 unspecified atom stereocenters. The van der Waals surface area contributed by atoms with Gasteiger partial charge in [0.2, 0.25) is 0 Å². The zero-order valence-corrected chi connectivity index (χ0v) is 11.0. The summed E-state index contributed by atoms with van der Waals surface area (Å²) in [5.74, 6) is -1.21. The molecule has 0 saturated carbocycles. The fourth-order valence-corrected chi connectivity index (χ4v) is 2.34. The molecule has 19 heavy (non-hydrogen) atoms. The highest BCUT2D eigenvalue weighted by atomic mass is 32.2. The summed E-state index contributed by atoms with van der Waals surface area (Å²) in [6.07, 6.45) is -0.395. The number of sulfonamides is 1. The van der Waals surface area contributed by atoms with Crippen molar-refractivity contribution in [2.45, 2.75) is 11.3 Å². The number of rotatable bonds is 6. The maximum Gasteiger partial charge on any atom is 0.307 e. The highest BCUT2D eigenvalue weighted by molar-refractivity contribution is 7.89. The first-order valence-corrected chi connectivity index (χ1v) is 6.46. The van der Waals surface area contributed by atoms with E-state index in [0.29, 0.717) is 0 Å². The van der Waals surface area contributed by atoms with Gasteiger partial charge in [-0.25, -0.2) is 8.42 Å². The number of methoxy groups -OCH3 is 2. The van der Waals surface area contributed by atoms with Crippen LogP contribution in [0.25, 0.3) is 0 Å². The number of benzene rings is 1. The summed E-state index contributed by atoms with van der Waals surface area (Å²) >= 11 is 0. The number of hydrogen-bond acceptors (Lipinski definition) is 6. The molecule has 0 atom stereocenters.